The first-order chi connectivity index (χ1) is 10.3. The zero-order chi connectivity index (χ0) is 14.5. The van der Waals surface area contributed by atoms with Gasteiger partial charge in [0.1, 0.15) is 0 Å². The molecule has 0 radical (unpaired) electrons. The van der Waals surface area contributed by atoms with Crippen LogP contribution in [-0.2, 0) is 0 Å². The quantitative estimate of drug-likeness (QED) is 0.874. The number of carbonyl (C=O) groups is 1. The maximum atomic E-state index is 12.1. The summed E-state index contributed by atoms with van der Waals surface area (Å²) in [5.41, 5.74) is 1.86. The minimum atomic E-state index is 0.0683. The van der Waals surface area contributed by atoms with Crippen LogP contribution >= 0.6 is 0 Å². The van der Waals surface area contributed by atoms with Gasteiger partial charge in [-0.05, 0) is 43.9 Å². The third-order valence-corrected chi connectivity index (χ3v) is 4.51. The molecule has 0 heterocycles. The number of amides is 1. The summed E-state index contributed by atoms with van der Waals surface area (Å²) in [6.07, 6.45) is 11.5. The van der Waals surface area contributed by atoms with E-state index in [1.54, 1.807) is 0 Å². The molecular weight excluding hydrogens is 260 g/mol. The smallest absolute Gasteiger partial charge is 0.251 e. The number of nitrogens with one attached hydrogen (secondary N) is 2. The topological polar surface area (TPSA) is 41.1 Å². The Labute approximate surface area is 127 Å². The number of hydrogen-bond acceptors (Lipinski definition) is 2. The Morgan fingerprint density at radius 1 is 0.905 bits per heavy atom. The highest BCUT2D eigenvalue weighted by atomic mass is 16.1. The molecule has 1 amide bonds. The van der Waals surface area contributed by atoms with Crippen LogP contribution in [0, 0.1) is 0 Å². The van der Waals surface area contributed by atoms with Gasteiger partial charge in [-0.3, -0.25) is 4.79 Å². The highest BCUT2D eigenvalue weighted by Gasteiger charge is 2.23. The predicted octanol–water partition coefficient (Wildman–Crippen LogP) is 4.10. The molecule has 0 aromatic heterocycles. The maximum absolute atomic E-state index is 12.1. The zero-order valence-corrected chi connectivity index (χ0v) is 12.7. The summed E-state index contributed by atoms with van der Waals surface area (Å²) in [7, 11) is 0. The van der Waals surface area contributed by atoms with Gasteiger partial charge in [-0.2, -0.15) is 0 Å². The molecule has 0 spiro atoms. The van der Waals surface area contributed by atoms with E-state index in [1.807, 2.05) is 18.2 Å². The molecule has 0 bridgehead atoms. The molecule has 114 valence electrons. The molecular formula is C18H26N2O. The van der Waals surface area contributed by atoms with Crippen molar-refractivity contribution in [2.24, 2.45) is 0 Å². The summed E-state index contributed by atoms with van der Waals surface area (Å²) < 4.78 is 0. The standard InChI is InChI=1S/C18H26N2O/c21-18(20-16-11-12-16)14-7-6-10-17(13-14)19-15-8-4-2-1-3-5-9-15/h6-7,10,13,15-16,19H,1-5,8-9,11-12H2,(H,20,21). The molecule has 2 N–H and O–H groups in total. The van der Waals surface area contributed by atoms with Crippen molar-refractivity contribution in [1.29, 1.82) is 0 Å². The van der Waals surface area contributed by atoms with Crippen molar-refractivity contribution in [3.05, 3.63) is 29.8 Å². The third kappa shape index (κ3) is 4.48. The van der Waals surface area contributed by atoms with Crippen LogP contribution < -0.4 is 10.6 Å². The van der Waals surface area contributed by atoms with Crippen LogP contribution in [0.3, 0.4) is 0 Å². The molecule has 2 aliphatic rings. The number of carbonyl (C=O) groups excluding carboxylic acids is 1. The lowest BCUT2D eigenvalue weighted by Gasteiger charge is -2.22. The number of hydrogen-bond donors (Lipinski definition) is 2. The van der Waals surface area contributed by atoms with Gasteiger partial charge in [-0.25, -0.2) is 0 Å². The zero-order valence-electron chi connectivity index (χ0n) is 12.7. The van der Waals surface area contributed by atoms with Crippen LogP contribution in [0.1, 0.15) is 68.1 Å². The Kier molecular flexibility index (Phi) is 4.79. The molecule has 0 atom stereocenters. The molecule has 1 aromatic rings. The van der Waals surface area contributed by atoms with Gasteiger partial charge in [-0.15, -0.1) is 0 Å². The van der Waals surface area contributed by atoms with Crippen molar-refractivity contribution in [3.8, 4) is 0 Å². The first-order valence-corrected chi connectivity index (χ1v) is 8.49. The molecule has 0 saturated heterocycles. The van der Waals surface area contributed by atoms with Crippen LogP contribution in [0.4, 0.5) is 5.69 Å². The van der Waals surface area contributed by atoms with Crippen molar-refractivity contribution in [2.75, 3.05) is 5.32 Å². The van der Waals surface area contributed by atoms with Crippen molar-refractivity contribution in [1.82, 2.24) is 5.32 Å². The van der Waals surface area contributed by atoms with Crippen LogP contribution in [-0.4, -0.2) is 18.0 Å². The fourth-order valence-electron chi connectivity index (χ4n) is 3.08. The molecule has 2 fully saturated rings. The molecule has 0 unspecified atom stereocenters. The van der Waals surface area contributed by atoms with Gasteiger partial charge in [0.2, 0.25) is 0 Å². The Bertz CT molecular complexity index is 474. The summed E-state index contributed by atoms with van der Waals surface area (Å²) in [5, 5.41) is 6.69. The van der Waals surface area contributed by atoms with Gasteiger partial charge in [-0.1, -0.05) is 38.2 Å². The minimum absolute atomic E-state index is 0.0683. The second-order valence-electron chi connectivity index (χ2n) is 6.51. The molecule has 3 rings (SSSR count). The average Bonchev–Trinajstić information content (AvgIpc) is 3.26. The molecule has 2 aliphatic carbocycles. The SMILES string of the molecule is O=C(NC1CC1)c1cccc(NC2CCCCCCC2)c1. The average molecular weight is 286 g/mol. The predicted molar refractivity (Wildman–Crippen MR) is 86.7 cm³/mol. The molecule has 1 aromatic carbocycles. The fraction of sp³-hybridized carbons (Fsp3) is 0.611. The van der Waals surface area contributed by atoms with Crippen LogP contribution in [0.5, 0.6) is 0 Å². The van der Waals surface area contributed by atoms with Gasteiger partial charge in [0.05, 0.1) is 0 Å². The number of anilines is 1. The second-order valence-corrected chi connectivity index (χ2v) is 6.51. The van der Waals surface area contributed by atoms with E-state index in [4.69, 9.17) is 0 Å². The Hall–Kier alpha value is -1.51. The molecule has 21 heavy (non-hydrogen) atoms. The Balaban J connectivity index is 1.60. The third-order valence-electron chi connectivity index (χ3n) is 4.51. The highest BCUT2D eigenvalue weighted by molar-refractivity contribution is 5.95. The van der Waals surface area contributed by atoms with Gasteiger partial charge < -0.3 is 10.6 Å². The largest absolute Gasteiger partial charge is 0.382 e. The lowest BCUT2D eigenvalue weighted by atomic mass is 9.96. The molecule has 2 saturated carbocycles. The fourth-order valence-corrected chi connectivity index (χ4v) is 3.08. The highest BCUT2D eigenvalue weighted by Crippen LogP contribution is 2.22. The first kappa shape index (κ1) is 14.4. The Morgan fingerprint density at radius 3 is 2.33 bits per heavy atom. The van der Waals surface area contributed by atoms with Crippen molar-refractivity contribution in [2.45, 2.75) is 69.9 Å². The second kappa shape index (κ2) is 6.97. The summed E-state index contributed by atoms with van der Waals surface area (Å²) in [5.74, 6) is 0.0683. The van der Waals surface area contributed by atoms with Crippen LogP contribution in [0.25, 0.3) is 0 Å². The van der Waals surface area contributed by atoms with Crippen LogP contribution in [0.2, 0.25) is 0 Å². The van der Waals surface area contributed by atoms with Gasteiger partial charge in [0.15, 0.2) is 0 Å². The summed E-state index contributed by atoms with van der Waals surface area (Å²) in [4.78, 5) is 12.1. The summed E-state index contributed by atoms with van der Waals surface area (Å²) >= 11 is 0. The lowest BCUT2D eigenvalue weighted by molar-refractivity contribution is 0.0951. The van der Waals surface area contributed by atoms with Crippen LogP contribution in [0.15, 0.2) is 24.3 Å². The van der Waals surface area contributed by atoms with Gasteiger partial charge in [0.25, 0.3) is 5.91 Å². The Morgan fingerprint density at radius 2 is 1.62 bits per heavy atom. The van der Waals surface area contributed by atoms with E-state index in [2.05, 4.69) is 16.7 Å². The normalized spacial score (nSPS) is 20.4. The molecule has 3 heteroatoms. The van der Waals surface area contributed by atoms with E-state index in [9.17, 15) is 4.79 Å². The monoisotopic (exact) mass is 286 g/mol. The molecule has 3 nitrogen and oxygen atoms in total. The van der Waals surface area contributed by atoms with E-state index >= 15 is 0 Å². The van der Waals surface area contributed by atoms with Crippen molar-refractivity contribution in [3.63, 3.8) is 0 Å². The minimum Gasteiger partial charge on any atom is -0.382 e. The first-order valence-electron chi connectivity index (χ1n) is 8.49. The number of rotatable bonds is 4. The molecule has 0 aliphatic heterocycles. The number of benzene rings is 1. The maximum Gasteiger partial charge on any atom is 0.251 e. The van der Waals surface area contributed by atoms with E-state index < -0.39 is 0 Å². The van der Waals surface area contributed by atoms with Crippen molar-refractivity contribution >= 4 is 11.6 Å². The van der Waals surface area contributed by atoms with E-state index in [0.717, 1.165) is 24.1 Å². The van der Waals surface area contributed by atoms with E-state index in [1.165, 1.54) is 44.9 Å². The van der Waals surface area contributed by atoms with E-state index in [-0.39, 0.29) is 5.91 Å². The lowest BCUT2D eigenvalue weighted by Crippen LogP contribution is -2.25. The van der Waals surface area contributed by atoms with Gasteiger partial charge in [0, 0.05) is 23.3 Å². The van der Waals surface area contributed by atoms with Gasteiger partial charge >= 0.3 is 0 Å². The summed E-state index contributed by atoms with van der Waals surface area (Å²) in [6, 6.07) is 8.93. The van der Waals surface area contributed by atoms with E-state index in [0.29, 0.717) is 12.1 Å². The summed E-state index contributed by atoms with van der Waals surface area (Å²) in [6.45, 7) is 0. The van der Waals surface area contributed by atoms with Crippen molar-refractivity contribution < 1.29 is 4.79 Å².